The maximum Gasteiger partial charge on any atom is -0.0109 e. The summed E-state index contributed by atoms with van der Waals surface area (Å²) in [5, 5.41) is 0. The second-order valence-corrected chi connectivity index (χ2v) is 3.53. The van der Waals surface area contributed by atoms with Gasteiger partial charge in [0.2, 0.25) is 0 Å². The van der Waals surface area contributed by atoms with Crippen LogP contribution >= 0.6 is 0 Å². The van der Waals surface area contributed by atoms with Gasteiger partial charge in [-0.1, -0.05) is 26.0 Å². The highest BCUT2D eigenvalue weighted by Gasteiger charge is 2.53. The molecule has 0 aromatic carbocycles. The fourth-order valence-electron chi connectivity index (χ4n) is 1.90. The third-order valence-corrected chi connectivity index (χ3v) is 2.76. The van der Waals surface area contributed by atoms with Crippen molar-refractivity contribution in [3.63, 3.8) is 0 Å². The van der Waals surface area contributed by atoms with Crippen LogP contribution in [-0.2, 0) is 0 Å². The third kappa shape index (κ3) is 0.367. The van der Waals surface area contributed by atoms with Crippen LogP contribution < -0.4 is 0 Å². The van der Waals surface area contributed by atoms with Crippen LogP contribution in [-0.4, -0.2) is 0 Å². The van der Waals surface area contributed by atoms with E-state index in [4.69, 9.17) is 0 Å². The zero-order valence-corrected chi connectivity index (χ0v) is 5.52. The van der Waals surface area contributed by atoms with Crippen LogP contribution in [0.5, 0.6) is 0 Å². The Morgan fingerprint density at radius 2 is 2.38 bits per heavy atom. The first kappa shape index (κ1) is 4.60. The molecule has 0 aliphatic heterocycles. The molecule has 2 aliphatic rings. The van der Waals surface area contributed by atoms with E-state index in [2.05, 4.69) is 26.0 Å². The number of fused-ring (bicyclic) bond motifs is 1. The van der Waals surface area contributed by atoms with E-state index < -0.39 is 0 Å². The van der Waals surface area contributed by atoms with Gasteiger partial charge < -0.3 is 0 Å². The standard InChI is InChI=1S/C8H12/c1-6-3-4-8(2)5-7(6)8/h3-4,6-7H,5H2,1-2H3. The summed E-state index contributed by atoms with van der Waals surface area (Å²) in [6.07, 6.45) is 6.20. The molecular formula is C8H12. The van der Waals surface area contributed by atoms with Crippen LogP contribution in [0.2, 0.25) is 0 Å². The quantitative estimate of drug-likeness (QED) is 0.417. The van der Waals surface area contributed by atoms with Gasteiger partial charge in [0.25, 0.3) is 0 Å². The number of allylic oxidation sites excluding steroid dienone is 2. The van der Waals surface area contributed by atoms with Crippen molar-refractivity contribution < 1.29 is 0 Å². The predicted molar refractivity (Wildman–Crippen MR) is 34.5 cm³/mol. The molecular weight excluding hydrogens is 96.1 g/mol. The number of hydrogen-bond donors (Lipinski definition) is 0. The maximum absolute atomic E-state index is 2.39. The first-order valence-electron chi connectivity index (χ1n) is 3.42. The minimum atomic E-state index is 0.652. The van der Waals surface area contributed by atoms with Gasteiger partial charge in [-0.15, -0.1) is 0 Å². The van der Waals surface area contributed by atoms with Crippen molar-refractivity contribution in [3.05, 3.63) is 12.2 Å². The van der Waals surface area contributed by atoms with E-state index in [-0.39, 0.29) is 0 Å². The largest absolute Gasteiger partial charge is 0.0848 e. The van der Waals surface area contributed by atoms with Crippen LogP contribution in [0.1, 0.15) is 20.3 Å². The molecule has 1 fully saturated rings. The molecule has 8 heavy (non-hydrogen) atoms. The molecule has 3 atom stereocenters. The van der Waals surface area contributed by atoms with Crippen LogP contribution in [0.15, 0.2) is 12.2 Å². The normalized spacial score (nSPS) is 58.8. The van der Waals surface area contributed by atoms with E-state index in [1.807, 2.05) is 0 Å². The van der Waals surface area contributed by atoms with Crippen molar-refractivity contribution in [1.82, 2.24) is 0 Å². The summed E-state index contributed by atoms with van der Waals surface area (Å²) in [5.41, 5.74) is 0.652. The Bertz CT molecular complexity index is 146. The Morgan fingerprint density at radius 1 is 1.62 bits per heavy atom. The zero-order valence-electron chi connectivity index (χ0n) is 5.52. The van der Waals surface area contributed by atoms with Gasteiger partial charge in [0.15, 0.2) is 0 Å². The van der Waals surface area contributed by atoms with Crippen LogP contribution in [0.4, 0.5) is 0 Å². The Labute approximate surface area is 50.6 Å². The minimum absolute atomic E-state index is 0.652. The monoisotopic (exact) mass is 108 g/mol. The minimum Gasteiger partial charge on any atom is -0.0848 e. The molecule has 0 heterocycles. The van der Waals surface area contributed by atoms with Gasteiger partial charge in [-0.2, -0.15) is 0 Å². The average Bonchev–Trinajstić information content (AvgIpc) is 2.32. The van der Waals surface area contributed by atoms with Crippen molar-refractivity contribution in [2.45, 2.75) is 20.3 Å². The molecule has 2 aliphatic carbocycles. The third-order valence-electron chi connectivity index (χ3n) is 2.76. The summed E-state index contributed by atoms with van der Waals surface area (Å²) in [4.78, 5) is 0. The maximum atomic E-state index is 2.39. The first-order chi connectivity index (χ1) is 3.72. The van der Waals surface area contributed by atoms with Crippen molar-refractivity contribution in [2.75, 3.05) is 0 Å². The summed E-state index contributed by atoms with van der Waals surface area (Å²) in [6, 6.07) is 0. The molecule has 3 unspecified atom stereocenters. The van der Waals surface area contributed by atoms with E-state index in [1.54, 1.807) is 0 Å². The van der Waals surface area contributed by atoms with Crippen LogP contribution in [0.3, 0.4) is 0 Å². The number of hydrogen-bond acceptors (Lipinski definition) is 0. The highest BCUT2D eigenvalue weighted by Crippen LogP contribution is 2.61. The van der Waals surface area contributed by atoms with Gasteiger partial charge in [0.05, 0.1) is 0 Å². The van der Waals surface area contributed by atoms with E-state index in [9.17, 15) is 0 Å². The lowest BCUT2D eigenvalue weighted by Gasteiger charge is -1.96. The smallest absolute Gasteiger partial charge is 0.0109 e. The molecule has 0 N–H and O–H groups in total. The number of rotatable bonds is 0. The SMILES string of the molecule is CC1C=CC2(C)CC12. The second-order valence-electron chi connectivity index (χ2n) is 3.53. The van der Waals surface area contributed by atoms with Gasteiger partial charge in [0, 0.05) is 0 Å². The van der Waals surface area contributed by atoms with Crippen molar-refractivity contribution in [1.29, 1.82) is 0 Å². The van der Waals surface area contributed by atoms with E-state index in [1.165, 1.54) is 6.42 Å². The van der Waals surface area contributed by atoms with Gasteiger partial charge in [-0.25, -0.2) is 0 Å². The molecule has 0 nitrogen and oxygen atoms in total. The Morgan fingerprint density at radius 3 is 2.50 bits per heavy atom. The van der Waals surface area contributed by atoms with Crippen molar-refractivity contribution >= 4 is 0 Å². The molecule has 44 valence electrons. The van der Waals surface area contributed by atoms with E-state index >= 15 is 0 Å². The highest BCUT2D eigenvalue weighted by atomic mass is 14.6. The molecule has 1 saturated carbocycles. The summed E-state index contributed by atoms with van der Waals surface area (Å²) in [7, 11) is 0. The summed E-state index contributed by atoms with van der Waals surface area (Å²) < 4.78 is 0. The fourth-order valence-corrected chi connectivity index (χ4v) is 1.90. The van der Waals surface area contributed by atoms with Gasteiger partial charge in [-0.05, 0) is 23.7 Å². The molecule has 0 aromatic rings. The topological polar surface area (TPSA) is 0 Å². The highest BCUT2D eigenvalue weighted by molar-refractivity contribution is 5.22. The Balaban J connectivity index is 2.27. The fraction of sp³-hybridized carbons (Fsp3) is 0.750. The van der Waals surface area contributed by atoms with Gasteiger partial charge in [-0.3, -0.25) is 0 Å². The Hall–Kier alpha value is -0.260. The molecule has 0 bridgehead atoms. The second kappa shape index (κ2) is 1.02. The summed E-state index contributed by atoms with van der Waals surface area (Å²) in [5.74, 6) is 1.89. The van der Waals surface area contributed by atoms with Crippen LogP contribution in [0.25, 0.3) is 0 Å². The summed E-state index contributed by atoms with van der Waals surface area (Å²) >= 11 is 0. The molecule has 0 spiro atoms. The Kier molecular flexibility index (Phi) is 0.588. The molecule has 0 radical (unpaired) electrons. The predicted octanol–water partition coefficient (Wildman–Crippen LogP) is 2.22. The summed E-state index contributed by atoms with van der Waals surface area (Å²) in [6.45, 7) is 4.68. The van der Waals surface area contributed by atoms with E-state index in [0.29, 0.717) is 5.41 Å². The van der Waals surface area contributed by atoms with Crippen LogP contribution in [0, 0.1) is 17.3 Å². The lowest BCUT2D eigenvalue weighted by Crippen LogP contribution is -1.90. The lowest BCUT2D eigenvalue weighted by atomic mass is 10.1. The van der Waals surface area contributed by atoms with Crippen molar-refractivity contribution in [2.24, 2.45) is 17.3 Å². The average molecular weight is 108 g/mol. The lowest BCUT2D eigenvalue weighted by molar-refractivity contribution is 0.568. The van der Waals surface area contributed by atoms with Gasteiger partial charge >= 0.3 is 0 Å². The first-order valence-corrected chi connectivity index (χ1v) is 3.42. The molecule has 0 amide bonds. The molecule has 0 heteroatoms. The zero-order chi connectivity index (χ0) is 5.78. The molecule has 0 saturated heterocycles. The van der Waals surface area contributed by atoms with Crippen molar-refractivity contribution in [3.8, 4) is 0 Å². The van der Waals surface area contributed by atoms with Gasteiger partial charge in [0.1, 0.15) is 0 Å². The van der Waals surface area contributed by atoms with E-state index in [0.717, 1.165) is 11.8 Å². The molecule has 0 aromatic heterocycles. The molecule has 2 rings (SSSR count).